The molecule has 0 fully saturated rings. The highest BCUT2D eigenvalue weighted by Gasteiger charge is 2.08. The Bertz CT molecular complexity index is 482. The van der Waals surface area contributed by atoms with Crippen molar-refractivity contribution >= 4 is 34.5 Å². The molecule has 0 bridgehead atoms. The maximum absolute atomic E-state index is 5.88. The van der Waals surface area contributed by atoms with Crippen molar-refractivity contribution in [2.24, 2.45) is 0 Å². The zero-order valence-corrected chi connectivity index (χ0v) is 10.3. The summed E-state index contributed by atoms with van der Waals surface area (Å²) >= 11 is 13.1. The Kier molecular flexibility index (Phi) is 3.24. The van der Waals surface area contributed by atoms with Gasteiger partial charge >= 0.3 is 0 Å². The first-order valence-electron chi connectivity index (χ1n) is 4.35. The maximum Gasteiger partial charge on any atom is 0.148 e. The Morgan fingerprint density at radius 3 is 2.73 bits per heavy atom. The van der Waals surface area contributed by atoms with E-state index >= 15 is 0 Å². The third-order valence-corrected chi connectivity index (χ3v) is 3.60. The van der Waals surface area contributed by atoms with E-state index in [-0.39, 0.29) is 0 Å². The number of aromatic nitrogens is 2. The van der Waals surface area contributed by atoms with Gasteiger partial charge in [0.15, 0.2) is 0 Å². The number of hydrogen-bond donors (Lipinski definition) is 0. The Morgan fingerprint density at radius 2 is 2.13 bits per heavy atom. The number of aryl methyl sites for hydroxylation is 1. The van der Waals surface area contributed by atoms with Crippen LogP contribution in [0.25, 0.3) is 10.6 Å². The first-order valence-corrected chi connectivity index (χ1v) is 6.08. The molecule has 2 rings (SSSR count). The van der Waals surface area contributed by atoms with Crippen LogP contribution >= 0.6 is 34.5 Å². The van der Waals surface area contributed by atoms with Crippen molar-refractivity contribution in [1.82, 2.24) is 10.2 Å². The van der Waals surface area contributed by atoms with E-state index in [0.717, 1.165) is 26.2 Å². The number of hydrogen-bond acceptors (Lipinski definition) is 3. The topological polar surface area (TPSA) is 25.8 Å². The van der Waals surface area contributed by atoms with Gasteiger partial charge in [0.25, 0.3) is 0 Å². The summed E-state index contributed by atoms with van der Waals surface area (Å²) in [6.07, 6.45) is 0. The molecule has 1 heterocycles. The van der Waals surface area contributed by atoms with Crippen LogP contribution in [0.1, 0.15) is 10.6 Å². The van der Waals surface area contributed by atoms with Gasteiger partial charge in [0.2, 0.25) is 0 Å². The summed E-state index contributed by atoms with van der Waals surface area (Å²) in [4.78, 5) is 0. The monoisotopic (exact) mass is 258 g/mol. The van der Waals surface area contributed by atoms with E-state index < -0.39 is 0 Å². The first kappa shape index (κ1) is 10.9. The highest BCUT2D eigenvalue weighted by molar-refractivity contribution is 7.14. The molecule has 0 radical (unpaired) electrons. The third kappa shape index (κ3) is 2.30. The minimum Gasteiger partial charge on any atom is -0.142 e. The van der Waals surface area contributed by atoms with Crippen LogP contribution in [0.4, 0.5) is 0 Å². The zero-order valence-electron chi connectivity index (χ0n) is 8.00. The summed E-state index contributed by atoms with van der Waals surface area (Å²) in [6.45, 7) is 2.00. The van der Waals surface area contributed by atoms with Crippen molar-refractivity contribution in [2.45, 2.75) is 12.8 Å². The van der Waals surface area contributed by atoms with Gasteiger partial charge in [-0.15, -0.1) is 21.8 Å². The van der Waals surface area contributed by atoms with Crippen molar-refractivity contribution in [1.29, 1.82) is 0 Å². The Morgan fingerprint density at radius 1 is 1.33 bits per heavy atom. The lowest BCUT2D eigenvalue weighted by atomic mass is 10.1. The van der Waals surface area contributed by atoms with Crippen molar-refractivity contribution < 1.29 is 0 Å². The molecule has 1 aromatic carbocycles. The van der Waals surface area contributed by atoms with Crippen LogP contribution in [0.15, 0.2) is 18.2 Å². The van der Waals surface area contributed by atoms with E-state index in [4.69, 9.17) is 23.2 Å². The van der Waals surface area contributed by atoms with Gasteiger partial charge in [-0.25, -0.2) is 0 Å². The molecule has 1 aromatic heterocycles. The smallest absolute Gasteiger partial charge is 0.142 e. The Balaban J connectivity index is 2.44. The average molecular weight is 259 g/mol. The summed E-state index contributed by atoms with van der Waals surface area (Å²) in [5.41, 5.74) is 2.16. The highest BCUT2D eigenvalue weighted by Crippen LogP contribution is 2.28. The van der Waals surface area contributed by atoms with Crippen LogP contribution < -0.4 is 0 Å². The second kappa shape index (κ2) is 4.47. The zero-order chi connectivity index (χ0) is 10.8. The molecule has 2 nitrogen and oxygen atoms in total. The molecule has 0 aliphatic rings. The molecule has 15 heavy (non-hydrogen) atoms. The number of alkyl halides is 1. The lowest BCUT2D eigenvalue weighted by Gasteiger charge is -2.00. The first-order chi connectivity index (χ1) is 7.20. The van der Waals surface area contributed by atoms with Crippen LogP contribution in [-0.4, -0.2) is 10.2 Å². The summed E-state index contributed by atoms with van der Waals surface area (Å²) in [5, 5.41) is 10.5. The van der Waals surface area contributed by atoms with Crippen LogP contribution in [0, 0.1) is 6.92 Å². The number of nitrogens with zero attached hydrogens (tertiary/aromatic N) is 2. The minimum atomic E-state index is 0.407. The van der Waals surface area contributed by atoms with Crippen molar-refractivity contribution in [3.05, 3.63) is 33.8 Å². The maximum atomic E-state index is 5.88. The van der Waals surface area contributed by atoms with Gasteiger partial charge in [-0.2, -0.15) is 0 Å². The SMILES string of the molecule is Cc1cc(Cl)ccc1-c1nnc(CCl)s1. The fourth-order valence-electron chi connectivity index (χ4n) is 1.28. The average Bonchev–Trinajstić information content (AvgIpc) is 2.66. The predicted molar refractivity (Wildman–Crippen MR) is 64.6 cm³/mol. The molecule has 2 aromatic rings. The van der Waals surface area contributed by atoms with E-state index in [0.29, 0.717) is 5.88 Å². The second-order valence-corrected chi connectivity index (χ2v) is 4.86. The van der Waals surface area contributed by atoms with Crippen molar-refractivity contribution in [2.75, 3.05) is 0 Å². The fourth-order valence-corrected chi connectivity index (χ4v) is 2.51. The van der Waals surface area contributed by atoms with Crippen LogP contribution in [-0.2, 0) is 5.88 Å². The number of halogens is 2. The van der Waals surface area contributed by atoms with Gasteiger partial charge in [-0.3, -0.25) is 0 Å². The lowest BCUT2D eigenvalue weighted by Crippen LogP contribution is -1.82. The Labute approximate surface area is 102 Å². The van der Waals surface area contributed by atoms with Crippen LogP contribution in [0.3, 0.4) is 0 Å². The largest absolute Gasteiger partial charge is 0.148 e. The molecule has 0 N–H and O–H groups in total. The van der Waals surface area contributed by atoms with Gasteiger partial charge in [0.1, 0.15) is 10.0 Å². The molecule has 0 saturated carbocycles. The molecule has 0 amide bonds. The van der Waals surface area contributed by atoms with E-state index in [2.05, 4.69) is 10.2 Å². The van der Waals surface area contributed by atoms with Gasteiger partial charge in [0, 0.05) is 10.6 Å². The molecule has 0 aliphatic heterocycles. The summed E-state index contributed by atoms with van der Waals surface area (Å²) in [6, 6.07) is 5.72. The second-order valence-electron chi connectivity index (χ2n) is 3.09. The molecular formula is C10H8Cl2N2S. The van der Waals surface area contributed by atoms with Gasteiger partial charge < -0.3 is 0 Å². The molecule has 0 saturated heterocycles. The lowest BCUT2D eigenvalue weighted by molar-refractivity contribution is 1.04. The minimum absolute atomic E-state index is 0.407. The number of benzene rings is 1. The number of rotatable bonds is 2. The normalized spacial score (nSPS) is 10.6. The molecule has 78 valence electrons. The van der Waals surface area contributed by atoms with Crippen molar-refractivity contribution in [3.8, 4) is 10.6 Å². The molecule has 0 spiro atoms. The Hall–Kier alpha value is -0.640. The third-order valence-electron chi connectivity index (χ3n) is 2.00. The highest BCUT2D eigenvalue weighted by atomic mass is 35.5. The van der Waals surface area contributed by atoms with E-state index in [1.165, 1.54) is 11.3 Å². The van der Waals surface area contributed by atoms with Crippen LogP contribution in [0.5, 0.6) is 0 Å². The molecule has 0 unspecified atom stereocenters. The summed E-state index contributed by atoms with van der Waals surface area (Å²) < 4.78 is 0. The quantitative estimate of drug-likeness (QED) is 0.764. The predicted octanol–water partition coefficient (Wildman–Crippen LogP) is 3.91. The fraction of sp³-hybridized carbons (Fsp3) is 0.200. The van der Waals surface area contributed by atoms with Gasteiger partial charge in [-0.1, -0.05) is 29.0 Å². The van der Waals surface area contributed by atoms with E-state index in [1.54, 1.807) is 0 Å². The summed E-state index contributed by atoms with van der Waals surface area (Å²) in [5.74, 6) is 0.407. The van der Waals surface area contributed by atoms with Crippen LogP contribution in [0.2, 0.25) is 5.02 Å². The van der Waals surface area contributed by atoms with Gasteiger partial charge in [-0.05, 0) is 24.6 Å². The molecule has 5 heteroatoms. The standard InChI is InChI=1S/C10H8Cl2N2S/c1-6-4-7(12)2-3-8(6)10-14-13-9(5-11)15-10/h2-4H,5H2,1H3. The van der Waals surface area contributed by atoms with Gasteiger partial charge in [0.05, 0.1) is 5.88 Å². The van der Waals surface area contributed by atoms with Crippen molar-refractivity contribution in [3.63, 3.8) is 0 Å². The summed E-state index contributed by atoms with van der Waals surface area (Å²) in [7, 11) is 0. The molecule has 0 aliphatic carbocycles. The van der Waals surface area contributed by atoms with E-state index in [1.807, 2.05) is 25.1 Å². The van der Waals surface area contributed by atoms with E-state index in [9.17, 15) is 0 Å². The molecular weight excluding hydrogens is 251 g/mol. The molecule has 0 atom stereocenters.